The summed E-state index contributed by atoms with van der Waals surface area (Å²) in [5.41, 5.74) is 0. The minimum Gasteiger partial charge on any atom is -0.352 e. The summed E-state index contributed by atoms with van der Waals surface area (Å²) in [4.78, 5) is 14.4. The van der Waals surface area contributed by atoms with Gasteiger partial charge in [-0.25, -0.2) is 0 Å². The molecule has 1 amide bonds. The average molecular weight is 255 g/mol. The van der Waals surface area contributed by atoms with Crippen molar-refractivity contribution in [1.29, 1.82) is 0 Å². The highest BCUT2D eigenvalue weighted by Gasteiger charge is 2.30. The molecule has 1 unspecified atom stereocenters. The molecule has 1 aliphatic heterocycles. The van der Waals surface area contributed by atoms with Crippen LogP contribution in [0.2, 0.25) is 0 Å². The molecule has 18 heavy (non-hydrogen) atoms. The molecule has 0 bridgehead atoms. The van der Waals surface area contributed by atoms with Gasteiger partial charge in [-0.2, -0.15) is 0 Å². The SMILES string of the molecule is CC(C)CC(CN(C)C)NC(=O)[C@@H]1CNC[C@H]1C. The van der Waals surface area contributed by atoms with Crippen molar-refractivity contribution in [3.8, 4) is 0 Å². The van der Waals surface area contributed by atoms with Crippen molar-refractivity contribution in [2.75, 3.05) is 33.7 Å². The second kappa shape index (κ2) is 7.10. The van der Waals surface area contributed by atoms with E-state index in [2.05, 4.69) is 50.4 Å². The van der Waals surface area contributed by atoms with Crippen LogP contribution >= 0.6 is 0 Å². The monoisotopic (exact) mass is 255 g/mol. The lowest BCUT2D eigenvalue weighted by Crippen LogP contribution is -2.46. The fourth-order valence-electron chi connectivity index (χ4n) is 2.66. The number of carbonyl (C=O) groups excluding carboxylic acids is 1. The lowest BCUT2D eigenvalue weighted by atomic mass is 9.96. The summed E-state index contributed by atoms with van der Waals surface area (Å²) in [5, 5.41) is 6.52. The van der Waals surface area contributed by atoms with Gasteiger partial charge < -0.3 is 15.5 Å². The Hall–Kier alpha value is -0.610. The first kappa shape index (κ1) is 15.4. The van der Waals surface area contributed by atoms with E-state index in [-0.39, 0.29) is 17.9 Å². The standard InChI is InChI=1S/C14H29N3O/c1-10(2)6-12(9-17(4)5)16-14(18)13-8-15-7-11(13)3/h10-13,15H,6-9H2,1-5H3,(H,16,18)/t11-,12?,13-/m1/s1. The summed E-state index contributed by atoms with van der Waals surface area (Å²) < 4.78 is 0. The van der Waals surface area contributed by atoms with E-state index in [4.69, 9.17) is 0 Å². The second-order valence-corrected chi connectivity index (χ2v) is 6.34. The highest BCUT2D eigenvalue weighted by Crippen LogP contribution is 2.16. The fraction of sp³-hybridized carbons (Fsp3) is 0.929. The van der Waals surface area contributed by atoms with Crippen LogP contribution in [0.1, 0.15) is 27.2 Å². The minimum absolute atomic E-state index is 0.141. The number of rotatable bonds is 6. The number of amides is 1. The molecule has 0 aromatic carbocycles. The molecule has 1 aliphatic rings. The van der Waals surface area contributed by atoms with Gasteiger partial charge in [0.1, 0.15) is 0 Å². The molecule has 3 atom stereocenters. The molecule has 1 saturated heterocycles. The van der Waals surface area contributed by atoms with Crippen LogP contribution in [0.3, 0.4) is 0 Å². The van der Waals surface area contributed by atoms with Crippen LogP contribution in [0.15, 0.2) is 0 Å². The van der Waals surface area contributed by atoms with Gasteiger partial charge in [-0.15, -0.1) is 0 Å². The Labute approximate surface area is 111 Å². The maximum absolute atomic E-state index is 12.3. The van der Waals surface area contributed by atoms with Crippen molar-refractivity contribution in [3.63, 3.8) is 0 Å². The zero-order chi connectivity index (χ0) is 13.7. The van der Waals surface area contributed by atoms with E-state index in [0.717, 1.165) is 26.1 Å². The van der Waals surface area contributed by atoms with Gasteiger partial charge in [-0.1, -0.05) is 20.8 Å². The molecule has 1 fully saturated rings. The van der Waals surface area contributed by atoms with E-state index in [1.165, 1.54) is 0 Å². The molecule has 0 spiro atoms. The van der Waals surface area contributed by atoms with Crippen molar-refractivity contribution in [1.82, 2.24) is 15.5 Å². The smallest absolute Gasteiger partial charge is 0.224 e. The molecule has 0 aromatic heterocycles. The Balaban J connectivity index is 2.50. The Morgan fingerprint density at radius 2 is 2.06 bits per heavy atom. The quantitative estimate of drug-likeness (QED) is 0.742. The largest absolute Gasteiger partial charge is 0.352 e. The van der Waals surface area contributed by atoms with Gasteiger partial charge in [0, 0.05) is 19.1 Å². The zero-order valence-electron chi connectivity index (χ0n) is 12.5. The maximum atomic E-state index is 12.3. The van der Waals surface area contributed by atoms with Crippen molar-refractivity contribution in [3.05, 3.63) is 0 Å². The summed E-state index contributed by atoms with van der Waals surface area (Å²) in [6.45, 7) is 9.25. The molecule has 0 saturated carbocycles. The zero-order valence-corrected chi connectivity index (χ0v) is 12.5. The van der Waals surface area contributed by atoms with E-state index in [1.54, 1.807) is 0 Å². The number of likely N-dealkylation sites (N-methyl/N-ethyl adjacent to an activating group) is 1. The fourth-order valence-corrected chi connectivity index (χ4v) is 2.66. The summed E-state index contributed by atoms with van der Waals surface area (Å²) in [6.07, 6.45) is 1.04. The molecule has 4 nitrogen and oxygen atoms in total. The number of hydrogen-bond acceptors (Lipinski definition) is 3. The van der Waals surface area contributed by atoms with Gasteiger partial charge in [0.2, 0.25) is 5.91 Å². The van der Waals surface area contributed by atoms with Crippen LogP contribution in [0.25, 0.3) is 0 Å². The topological polar surface area (TPSA) is 44.4 Å². The molecular formula is C14H29N3O. The summed E-state index contributed by atoms with van der Waals surface area (Å²) in [6, 6.07) is 0.264. The third kappa shape index (κ3) is 4.94. The summed E-state index contributed by atoms with van der Waals surface area (Å²) in [7, 11) is 4.11. The van der Waals surface area contributed by atoms with Gasteiger partial charge >= 0.3 is 0 Å². The normalized spacial score (nSPS) is 25.7. The molecule has 1 heterocycles. The summed E-state index contributed by atoms with van der Waals surface area (Å²) >= 11 is 0. The third-order valence-corrected chi connectivity index (χ3v) is 3.54. The number of nitrogens with one attached hydrogen (secondary N) is 2. The lowest BCUT2D eigenvalue weighted by molar-refractivity contribution is -0.126. The number of nitrogens with zero attached hydrogens (tertiary/aromatic N) is 1. The van der Waals surface area contributed by atoms with E-state index < -0.39 is 0 Å². The van der Waals surface area contributed by atoms with Gasteiger partial charge in [0.05, 0.1) is 5.92 Å². The van der Waals surface area contributed by atoms with Crippen LogP contribution < -0.4 is 10.6 Å². The molecular weight excluding hydrogens is 226 g/mol. The van der Waals surface area contributed by atoms with Crippen LogP contribution in [0.4, 0.5) is 0 Å². The van der Waals surface area contributed by atoms with Crippen LogP contribution in [-0.2, 0) is 4.79 Å². The van der Waals surface area contributed by atoms with E-state index in [1.807, 2.05) is 0 Å². The first-order chi connectivity index (χ1) is 8.40. The Bertz CT molecular complexity index is 256. The molecule has 2 N–H and O–H groups in total. The van der Waals surface area contributed by atoms with E-state index >= 15 is 0 Å². The second-order valence-electron chi connectivity index (χ2n) is 6.34. The van der Waals surface area contributed by atoms with Gasteiger partial charge in [-0.3, -0.25) is 4.79 Å². The van der Waals surface area contributed by atoms with Crippen LogP contribution in [-0.4, -0.2) is 50.6 Å². The van der Waals surface area contributed by atoms with E-state index in [0.29, 0.717) is 11.8 Å². The predicted molar refractivity (Wildman–Crippen MR) is 75.5 cm³/mol. The van der Waals surface area contributed by atoms with Crippen LogP contribution in [0.5, 0.6) is 0 Å². The van der Waals surface area contributed by atoms with Crippen molar-refractivity contribution in [2.45, 2.75) is 33.2 Å². The van der Waals surface area contributed by atoms with E-state index in [9.17, 15) is 4.79 Å². The minimum atomic E-state index is 0.141. The van der Waals surface area contributed by atoms with Gasteiger partial charge in [0.25, 0.3) is 0 Å². The third-order valence-electron chi connectivity index (χ3n) is 3.54. The Kier molecular flexibility index (Phi) is 6.09. The maximum Gasteiger partial charge on any atom is 0.224 e. The highest BCUT2D eigenvalue weighted by atomic mass is 16.2. The Morgan fingerprint density at radius 1 is 1.39 bits per heavy atom. The van der Waals surface area contributed by atoms with Crippen molar-refractivity contribution < 1.29 is 4.79 Å². The van der Waals surface area contributed by atoms with Crippen molar-refractivity contribution >= 4 is 5.91 Å². The highest BCUT2D eigenvalue weighted by molar-refractivity contribution is 5.79. The average Bonchev–Trinajstić information content (AvgIpc) is 2.61. The molecule has 0 radical (unpaired) electrons. The first-order valence-corrected chi connectivity index (χ1v) is 7.06. The molecule has 1 rings (SSSR count). The first-order valence-electron chi connectivity index (χ1n) is 7.06. The van der Waals surface area contributed by atoms with Gasteiger partial charge in [-0.05, 0) is 38.9 Å². The van der Waals surface area contributed by atoms with Crippen LogP contribution in [0, 0.1) is 17.8 Å². The molecule has 106 valence electrons. The van der Waals surface area contributed by atoms with Crippen molar-refractivity contribution in [2.24, 2.45) is 17.8 Å². The Morgan fingerprint density at radius 3 is 2.50 bits per heavy atom. The van der Waals surface area contributed by atoms with Gasteiger partial charge in [0.15, 0.2) is 0 Å². The molecule has 4 heteroatoms. The number of carbonyl (C=O) groups is 1. The lowest BCUT2D eigenvalue weighted by Gasteiger charge is -2.26. The molecule has 0 aromatic rings. The number of hydrogen-bond donors (Lipinski definition) is 2. The predicted octanol–water partition coefficient (Wildman–Crippen LogP) is 0.934. The molecule has 0 aliphatic carbocycles. The summed E-state index contributed by atoms with van der Waals surface area (Å²) in [5.74, 6) is 1.42.